The molecule has 1 aromatic carbocycles. The van der Waals surface area contributed by atoms with Crippen molar-refractivity contribution in [1.29, 1.82) is 0 Å². The van der Waals surface area contributed by atoms with E-state index < -0.39 is 17.9 Å². The molecule has 10 nitrogen and oxygen atoms in total. The number of aliphatic carboxylic acids is 1. The summed E-state index contributed by atoms with van der Waals surface area (Å²) in [5, 5.41) is 22.0. The molecule has 0 spiro atoms. The van der Waals surface area contributed by atoms with Crippen molar-refractivity contribution in [2.45, 2.75) is 33.0 Å². The van der Waals surface area contributed by atoms with Crippen molar-refractivity contribution in [2.24, 2.45) is 0 Å². The van der Waals surface area contributed by atoms with Gasteiger partial charge in [0.15, 0.2) is 11.5 Å². The van der Waals surface area contributed by atoms with Gasteiger partial charge in [-0.1, -0.05) is 6.07 Å². The van der Waals surface area contributed by atoms with E-state index in [2.05, 4.69) is 15.3 Å². The van der Waals surface area contributed by atoms with Crippen molar-refractivity contribution < 1.29 is 19.4 Å². The highest BCUT2D eigenvalue weighted by atomic mass is 16.5. The van der Waals surface area contributed by atoms with Crippen LogP contribution in [0.2, 0.25) is 0 Å². The molecule has 1 unspecified atom stereocenters. The van der Waals surface area contributed by atoms with Crippen molar-refractivity contribution in [3.8, 4) is 11.4 Å². The van der Waals surface area contributed by atoms with Gasteiger partial charge in [0.2, 0.25) is 0 Å². The lowest BCUT2D eigenvalue weighted by Crippen LogP contribution is -2.50. The van der Waals surface area contributed by atoms with Crippen LogP contribution in [0.3, 0.4) is 0 Å². The zero-order valence-electron chi connectivity index (χ0n) is 16.2. The zero-order chi connectivity index (χ0) is 20.7. The number of nitrogens with zero attached hydrogens (tertiary/aromatic N) is 6. The Balaban J connectivity index is 1.67. The number of carboxylic acids is 1. The molecule has 1 aliphatic rings. The highest BCUT2D eigenvalue weighted by Crippen LogP contribution is 2.25. The molecule has 10 heteroatoms. The summed E-state index contributed by atoms with van der Waals surface area (Å²) in [6.45, 7) is 3.85. The second-order valence-electron chi connectivity index (χ2n) is 6.88. The monoisotopic (exact) mass is 396 g/mol. The topological polar surface area (TPSA) is 115 Å². The number of aromatic nitrogens is 5. The van der Waals surface area contributed by atoms with Crippen molar-refractivity contribution in [3.05, 3.63) is 53.4 Å². The van der Waals surface area contributed by atoms with Crippen LogP contribution in [-0.4, -0.2) is 59.6 Å². The van der Waals surface area contributed by atoms with Crippen LogP contribution in [0.4, 0.5) is 0 Å². The largest absolute Gasteiger partial charge is 0.494 e. The van der Waals surface area contributed by atoms with Crippen LogP contribution >= 0.6 is 0 Å². The Hall–Kier alpha value is -3.69. The first-order valence-corrected chi connectivity index (χ1v) is 9.02. The molecule has 1 aliphatic heterocycles. The summed E-state index contributed by atoms with van der Waals surface area (Å²) in [4.78, 5) is 26.2. The molecule has 0 radical (unpaired) electrons. The number of rotatable bonds is 4. The lowest BCUT2D eigenvalue weighted by molar-refractivity contribution is -0.143. The number of methoxy groups -OCH3 is 1. The normalized spacial score (nSPS) is 15.8. The first-order chi connectivity index (χ1) is 13.9. The molecule has 1 N–H and O–H groups in total. The molecule has 0 fully saturated rings. The fraction of sp³-hybridized carbons (Fsp3) is 0.316. The molecule has 0 saturated carbocycles. The molecule has 2 aromatic heterocycles. The van der Waals surface area contributed by atoms with E-state index in [1.807, 2.05) is 25.1 Å². The van der Waals surface area contributed by atoms with Gasteiger partial charge in [0, 0.05) is 6.20 Å². The van der Waals surface area contributed by atoms with Crippen LogP contribution in [0.1, 0.15) is 27.7 Å². The Kier molecular flexibility index (Phi) is 4.53. The number of amides is 1. The van der Waals surface area contributed by atoms with Gasteiger partial charge in [0.1, 0.15) is 23.3 Å². The minimum atomic E-state index is -1.09. The maximum Gasteiger partial charge on any atom is 0.328 e. The van der Waals surface area contributed by atoms with E-state index >= 15 is 0 Å². The molecule has 150 valence electrons. The van der Waals surface area contributed by atoms with E-state index in [1.165, 1.54) is 4.90 Å². The molecule has 1 atom stereocenters. The molecule has 4 rings (SSSR count). The average molecular weight is 396 g/mol. The van der Waals surface area contributed by atoms with E-state index in [0.29, 0.717) is 23.1 Å². The van der Waals surface area contributed by atoms with Crippen molar-refractivity contribution >= 4 is 11.9 Å². The summed E-state index contributed by atoms with van der Waals surface area (Å²) in [6, 6.07) is 6.18. The number of carbonyl (C=O) groups excluding carboxylic acids is 1. The van der Waals surface area contributed by atoms with E-state index in [0.717, 1.165) is 5.56 Å². The quantitative estimate of drug-likeness (QED) is 0.704. The lowest BCUT2D eigenvalue weighted by atomic mass is 10.1. The van der Waals surface area contributed by atoms with E-state index in [-0.39, 0.29) is 18.8 Å². The Morgan fingerprint density at radius 2 is 2.00 bits per heavy atom. The minimum Gasteiger partial charge on any atom is -0.494 e. The number of aryl methyl sites for hydroxylation is 2. The number of benzene rings is 1. The van der Waals surface area contributed by atoms with E-state index in [1.54, 1.807) is 35.5 Å². The third-order valence-electron chi connectivity index (χ3n) is 4.99. The SMILES string of the molecule is COc1ccc(C)cc1-n1ccc(C(=O)N2Cc3nnc(C)n3CC2C(=O)O)n1. The molecule has 1 amide bonds. The Bertz CT molecular complexity index is 1100. The maximum atomic E-state index is 13.1. The van der Waals surface area contributed by atoms with E-state index in [9.17, 15) is 14.7 Å². The molecule has 0 saturated heterocycles. The predicted octanol–water partition coefficient (Wildman–Crippen LogP) is 1.20. The first-order valence-electron chi connectivity index (χ1n) is 9.02. The predicted molar refractivity (Wildman–Crippen MR) is 101 cm³/mol. The van der Waals surface area contributed by atoms with Crippen molar-refractivity contribution in [3.63, 3.8) is 0 Å². The molecular weight excluding hydrogens is 376 g/mol. The van der Waals surface area contributed by atoms with Crippen LogP contribution in [0.5, 0.6) is 5.75 Å². The third kappa shape index (κ3) is 3.22. The van der Waals surface area contributed by atoms with Gasteiger partial charge in [0.05, 0.1) is 20.2 Å². The number of carboxylic acid groups (broad SMARTS) is 1. The molecule has 0 aliphatic carbocycles. The van der Waals surface area contributed by atoms with Crippen LogP contribution < -0.4 is 4.74 Å². The second-order valence-corrected chi connectivity index (χ2v) is 6.88. The van der Waals surface area contributed by atoms with Gasteiger partial charge < -0.3 is 19.3 Å². The highest BCUT2D eigenvalue weighted by molar-refractivity contribution is 5.95. The summed E-state index contributed by atoms with van der Waals surface area (Å²) in [5.74, 6) is 0.219. The fourth-order valence-electron chi connectivity index (χ4n) is 3.44. The number of carbonyl (C=O) groups is 2. The van der Waals surface area contributed by atoms with Gasteiger partial charge in [-0.05, 0) is 37.6 Å². The molecule has 3 aromatic rings. The lowest BCUT2D eigenvalue weighted by Gasteiger charge is -2.32. The second kappa shape index (κ2) is 7.04. The summed E-state index contributed by atoms with van der Waals surface area (Å²) in [6.07, 6.45) is 1.65. The van der Waals surface area contributed by atoms with Gasteiger partial charge in [-0.25, -0.2) is 9.48 Å². The van der Waals surface area contributed by atoms with Gasteiger partial charge in [-0.2, -0.15) is 5.10 Å². The summed E-state index contributed by atoms with van der Waals surface area (Å²) >= 11 is 0. The molecular formula is C19H20N6O4. The van der Waals surface area contributed by atoms with E-state index in [4.69, 9.17) is 4.74 Å². The fourth-order valence-corrected chi connectivity index (χ4v) is 3.44. The summed E-state index contributed by atoms with van der Waals surface area (Å²) in [5.41, 5.74) is 1.85. The van der Waals surface area contributed by atoms with Gasteiger partial charge >= 0.3 is 5.97 Å². The van der Waals surface area contributed by atoms with Gasteiger partial charge in [0.25, 0.3) is 5.91 Å². The molecule has 3 heterocycles. The van der Waals surface area contributed by atoms with Gasteiger partial charge in [-0.15, -0.1) is 10.2 Å². The Labute approximate surface area is 166 Å². The highest BCUT2D eigenvalue weighted by Gasteiger charge is 2.37. The first kappa shape index (κ1) is 18.7. The number of hydrogen-bond donors (Lipinski definition) is 1. The van der Waals surface area contributed by atoms with Crippen LogP contribution in [0.15, 0.2) is 30.5 Å². The average Bonchev–Trinajstić information content (AvgIpc) is 3.33. The summed E-state index contributed by atoms with van der Waals surface area (Å²) in [7, 11) is 1.56. The smallest absolute Gasteiger partial charge is 0.328 e. The Morgan fingerprint density at radius 3 is 2.72 bits per heavy atom. The number of fused-ring (bicyclic) bond motifs is 1. The van der Waals surface area contributed by atoms with Crippen molar-refractivity contribution in [1.82, 2.24) is 29.4 Å². The minimum absolute atomic E-state index is 0.0528. The zero-order valence-corrected chi connectivity index (χ0v) is 16.2. The third-order valence-corrected chi connectivity index (χ3v) is 4.99. The van der Waals surface area contributed by atoms with Crippen molar-refractivity contribution in [2.75, 3.05) is 7.11 Å². The number of hydrogen-bond acceptors (Lipinski definition) is 6. The van der Waals surface area contributed by atoms with Crippen LogP contribution in [-0.2, 0) is 17.9 Å². The van der Waals surface area contributed by atoms with Crippen LogP contribution in [0.25, 0.3) is 5.69 Å². The standard InChI is InChI=1S/C19H20N6O4/c1-11-4-5-16(29-3)14(8-11)25-7-6-13(22-25)18(26)24-10-17-21-20-12(2)23(17)9-15(24)19(27)28/h4-8,15H,9-10H2,1-3H3,(H,27,28). The summed E-state index contributed by atoms with van der Waals surface area (Å²) < 4.78 is 8.65. The molecule has 0 bridgehead atoms. The maximum absolute atomic E-state index is 13.1. The van der Waals surface area contributed by atoms with Crippen LogP contribution in [0, 0.1) is 13.8 Å². The Morgan fingerprint density at radius 1 is 1.21 bits per heavy atom. The number of ether oxygens (including phenoxy) is 1. The van der Waals surface area contributed by atoms with Gasteiger partial charge in [-0.3, -0.25) is 4.79 Å². The molecule has 29 heavy (non-hydrogen) atoms.